The van der Waals surface area contributed by atoms with Gasteiger partial charge in [0, 0.05) is 17.5 Å². The highest BCUT2D eigenvalue weighted by molar-refractivity contribution is 7.11. The maximum Gasteiger partial charge on any atom is 0.123 e. The van der Waals surface area contributed by atoms with E-state index in [2.05, 4.69) is 18.8 Å². The topological polar surface area (TPSA) is 12.9 Å². The summed E-state index contributed by atoms with van der Waals surface area (Å²) in [6, 6.07) is 6.60. The van der Waals surface area contributed by atoms with Crippen molar-refractivity contribution in [3.05, 3.63) is 51.7 Å². The van der Waals surface area contributed by atoms with Crippen LogP contribution in [-0.2, 0) is 6.42 Å². The summed E-state index contributed by atoms with van der Waals surface area (Å²) < 4.78 is 12.6. The minimum atomic E-state index is -0.186. The predicted molar refractivity (Wildman–Crippen MR) is 85.9 cm³/mol. The summed E-state index contributed by atoms with van der Waals surface area (Å²) in [5, 5.41) is 1.07. The first-order valence-electron chi connectivity index (χ1n) is 7.31. The second kappa shape index (κ2) is 9.65. The molecule has 2 rings (SSSR count). The van der Waals surface area contributed by atoms with Gasteiger partial charge >= 0.3 is 0 Å². The van der Waals surface area contributed by atoms with Gasteiger partial charge in [0.1, 0.15) is 5.82 Å². The van der Waals surface area contributed by atoms with Crippen LogP contribution in [0.25, 0.3) is 0 Å². The molecular weight excluding hydrogens is 269 g/mol. The average Bonchev–Trinajstić information content (AvgIpc) is 2.85. The summed E-state index contributed by atoms with van der Waals surface area (Å²) in [7, 11) is 0. The van der Waals surface area contributed by atoms with Crippen LogP contribution in [0.15, 0.2) is 30.5 Å². The second-order valence-corrected chi connectivity index (χ2v) is 6.18. The van der Waals surface area contributed by atoms with Crippen LogP contribution in [0.4, 0.5) is 4.39 Å². The molecule has 1 heterocycles. The Morgan fingerprint density at radius 1 is 1.05 bits per heavy atom. The average molecular weight is 293 g/mol. The molecule has 3 heteroatoms. The molecule has 0 radical (unpaired) electrons. The van der Waals surface area contributed by atoms with E-state index in [1.807, 2.05) is 25.3 Å². The van der Waals surface area contributed by atoms with Gasteiger partial charge in [0.25, 0.3) is 0 Å². The fraction of sp³-hybridized carbons (Fsp3) is 0.471. The van der Waals surface area contributed by atoms with E-state index < -0.39 is 0 Å². The van der Waals surface area contributed by atoms with Gasteiger partial charge in [0.2, 0.25) is 0 Å². The summed E-state index contributed by atoms with van der Waals surface area (Å²) in [6.07, 6.45) is 8.25. The van der Waals surface area contributed by atoms with Crippen molar-refractivity contribution in [2.45, 2.75) is 52.9 Å². The minimum absolute atomic E-state index is 0.186. The zero-order chi connectivity index (χ0) is 14.8. The van der Waals surface area contributed by atoms with Gasteiger partial charge in [-0.15, -0.1) is 11.3 Å². The second-order valence-electron chi connectivity index (χ2n) is 4.86. The van der Waals surface area contributed by atoms with Crippen molar-refractivity contribution in [1.82, 2.24) is 4.98 Å². The summed E-state index contributed by atoms with van der Waals surface area (Å²) in [5.74, 6) is -0.186. The van der Waals surface area contributed by atoms with Gasteiger partial charge in [-0.25, -0.2) is 9.37 Å². The maximum absolute atomic E-state index is 12.6. The van der Waals surface area contributed by atoms with Crippen LogP contribution in [0.5, 0.6) is 0 Å². The highest BCUT2D eigenvalue weighted by Gasteiger charge is 2.00. The number of hydrogen-bond donors (Lipinski definition) is 0. The largest absolute Gasteiger partial charge is 0.250 e. The SMILES string of the molecule is CCCCCC.Cc1ncc(Cc2ccc(F)cc2)s1. The standard InChI is InChI=1S/C11H10FNS.C6H14/c1-8-13-7-11(14-8)6-9-2-4-10(12)5-3-9;1-3-5-6-4-2/h2-5,7H,6H2,1H3;3-6H2,1-2H3. The van der Waals surface area contributed by atoms with Crippen molar-refractivity contribution in [2.24, 2.45) is 0 Å². The molecule has 20 heavy (non-hydrogen) atoms. The van der Waals surface area contributed by atoms with Crippen LogP contribution in [0.1, 0.15) is 55.0 Å². The summed E-state index contributed by atoms with van der Waals surface area (Å²) in [6.45, 7) is 6.45. The quantitative estimate of drug-likeness (QED) is 0.638. The number of hydrogen-bond acceptors (Lipinski definition) is 2. The lowest BCUT2D eigenvalue weighted by molar-refractivity contribution is 0.627. The maximum atomic E-state index is 12.6. The highest BCUT2D eigenvalue weighted by Crippen LogP contribution is 2.16. The number of aromatic nitrogens is 1. The Kier molecular flexibility index (Phi) is 8.12. The molecule has 1 nitrogen and oxygen atoms in total. The number of benzene rings is 1. The first-order chi connectivity index (χ1) is 9.65. The van der Waals surface area contributed by atoms with E-state index in [1.54, 1.807) is 11.3 Å². The molecule has 110 valence electrons. The molecule has 0 N–H and O–H groups in total. The molecule has 0 amide bonds. The molecule has 0 spiro atoms. The number of nitrogens with zero attached hydrogens (tertiary/aromatic N) is 1. The van der Waals surface area contributed by atoms with E-state index in [0.29, 0.717) is 0 Å². The molecule has 0 aliphatic rings. The molecular formula is C17H24FNS. The molecule has 0 bridgehead atoms. The van der Waals surface area contributed by atoms with Crippen molar-refractivity contribution in [3.8, 4) is 0 Å². The van der Waals surface area contributed by atoms with Gasteiger partial charge in [0.15, 0.2) is 0 Å². The molecule has 2 aromatic rings. The monoisotopic (exact) mass is 293 g/mol. The Labute approximate surface area is 125 Å². The Hall–Kier alpha value is -1.22. The summed E-state index contributed by atoms with van der Waals surface area (Å²) in [4.78, 5) is 5.39. The van der Waals surface area contributed by atoms with Crippen LogP contribution < -0.4 is 0 Å². The zero-order valence-corrected chi connectivity index (χ0v) is 13.5. The smallest absolute Gasteiger partial charge is 0.123 e. The molecule has 0 saturated heterocycles. The molecule has 0 saturated carbocycles. The Morgan fingerprint density at radius 2 is 1.65 bits per heavy atom. The lowest BCUT2D eigenvalue weighted by Gasteiger charge is -1.97. The first-order valence-corrected chi connectivity index (χ1v) is 8.13. The molecule has 0 fully saturated rings. The van der Waals surface area contributed by atoms with E-state index in [9.17, 15) is 4.39 Å². The molecule has 0 aliphatic carbocycles. The number of unbranched alkanes of at least 4 members (excludes halogenated alkanes) is 3. The highest BCUT2D eigenvalue weighted by atomic mass is 32.1. The van der Waals surface area contributed by atoms with Crippen molar-refractivity contribution >= 4 is 11.3 Å². The van der Waals surface area contributed by atoms with Crippen LogP contribution in [0.2, 0.25) is 0 Å². The minimum Gasteiger partial charge on any atom is -0.250 e. The lowest BCUT2D eigenvalue weighted by Crippen LogP contribution is -1.84. The van der Waals surface area contributed by atoms with E-state index in [4.69, 9.17) is 0 Å². The van der Waals surface area contributed by atoms with E-state index >= 15 is 0 Å². The van der Waals surface area contributed by atoms with Gasteiger partial charge in [-0.2, -0.15) is 0 Å². The Morgan fingerprint density at radius 3 is 2.10 bits per heavy atom. The molecule has 0 unspecified atom stereocenters. The number of halogens is 1. The number of thiazole rings is 1. The van der Waals surface area contributed by atoms with Crippen molar-refractivity contribution in [1.29, 1.82) is 0 Å². The first kappa shape index (κ1) is 16.8. The normalized spacial score (nSPS) is 10.0. The third kappa shape index (κ3) is 6.80. The number of aryl methyl sites for hydroxylation is 1. The van der Waals surface area contributed by atoms with E-state index in [1.165, 1.54) is 42.7 Å². The van der Waals surface area contributed by atoms with Crippen LogP contribution >= 0.6 is 11.3 Å². The van der Waals surface area contributed by atoms with Crippen molar-refractivity contribution in [3.63, 3.8) is 0 Å². The van der Waals surface area contributed by atoms with Crippen LogP contribution in [-0.4, -0.2) is 4.98 Å². The predicted octanol–water partition coefficient (Wildman–Crippen LogP) is 5.77. The Balaban J connectivity index is 0.000000286. The van der Waals surface area contributed by atoms with E-state index in [0.717, 1.165) is 17.0 Å². The van der Waals surface area contributed by atoms with Gasteiger partial charge in [0.05, 0.1) is 5.01 Å². The molecule has 0 aliphatic heterocycles. The fourth-order valence-corrected chi connectivity index (χ4v) is 2.62. The molecule has 1 aromatic heterocycles. The Bertz CT molecular complexity index is 472. The molecule has 1 aromatic carbocycles. The van der Waals surface area contributed by atoms with Gasteiger partial charge in [-0.05, 0) is 24.6 Å². The molecule has 0 atom stereocenters. The van der Waals surface area contributed by atoms with Crippen molar-refractivity contribution in [2.75, 3.05) is 0 Å². The fourth-order valence-electron chi connectivity index (χ4n) is 1.79. The summed E-state index contributed by atoms with van der Waals surface area (Å²) in [5.41, 5.74) is 1.12. The third-order valence-corrected chi connectivity index (χ3v) is 3.83. The van der Waals surface area contributed by atoms with Crippen LogP contribution in [0.3, 0.4) is 0 Å². The van der Waals surface area contributed by atoms with Gasteiger partial charge in [-0.3, -0.25) is 0 Å². The van der Waals surface area contributed by atoms with Crippen molar-refractivity contribution < 1.29 is 4.39 Å². The summed E-state index contributed by atoms with van der Waals surface area (Å²) >= 11 is 1.68. The zero-order valence-electron chi connectivity index (χ0n) is 12.7. The van der Waals surface area contributed by atoms with Gasteiger partial charge in [-0.1, -0.05) is 51.7 Å². The van der Waals surface area contributed by atoms with E-state index in [-0.39, 0.29) is 5.82 Å². The van der Waals surface area contributed by atoms with Gasteiger partial charge < -0.3 is 0 Å². The number of rotatable bonds is 5. The van der Waals surface area contributed by atoms with Crippen LogP contribution in [0, 0.1) is 12.7 Å². The third-order valence-electron chi connectivity index (χ3n) is 2.92. The lowest BCUT2D eigenvalue weighted by atomic mass is 10.1.